The number of hydrogen-bond donors (Lipinski definition) is 1. The summed E-state index contributed by atoms with van der Waals surface area (Å²) >= 11 is 0. The Labute approximate surface area is 123 Å². The maximum absolute atomic E-state index is 11.1. The van der Waals surface area contributed by atoms with E-state index >= 15 is 0 Å². The summed E-state index contributed by atoms with van der Waals surface area (Å²) in [5.41, 5.74) is 1.96. The number of hydrogen-bond acceptors (Lipinski definition) is 5. The summed E-state index contributed by atoms with van der Waals surface area (Å²) in [4.78, 5) is 15.3. The highest BCUT2D eigenvalue weighted by Crippen LogP contribution is 2.25. The van der Waals surface area contributed by atoms with E-state index in [1.807, 2.05) is 29.2 Å². The van der Waals surface area contributed by atoms with Crippen LogP contribution in [0, 0.1) is 0 Å². The van der Waals surface area contributed by atoms with Crippen molar-refractivity contribution in [3.63, 3.8) is 0 Å². The van der Waals surface area contributed by atoms with E-state index in [0.29, 0.717) is 0 Å². The summed E-state index contributed by atoms with van der Waals surface area (Å²) in [7, 11) is 0. The molecule has 0 aliphatic carbocycles. The van der Waals surface area contributed by atoms with Gasteiger partial charge in [-0.15, -0.1) is 0 Å². The zero-order chi connectivity index (χ0) is 14.8. The third-order valence-electron chi connectivity index (χ3n) is 4.09. The van der Waals surface area contributed by atoms with Crippen LogP contribution in [0.2, 0.25) is 0 Å². The fourth-order valence-electron chi connectivity index (χ4n) is 2.75. The van der Waals surface area contributed by atoms with E-state index in [0.717, 1.165) is 42.8 Å². The van der Waals surface area contributed by atoms with E-state index < -0.39 is 12.0 Å². The number of carbonyl (C=O) groups is 1. The monoisotopic (exact) mass is 286 g/mol. The highest BCUT2D eigenvalue weighted by atomic mass is 16.4. The largest absolute Gasteiger partial charge is 0.480 e. The lowest BCUT2D eigenvalue weighted by molar-refractivity contribution is -0.142. The minimum atomic E-state index is -0.764. The molecule has 1 unspecified atom stereocenters. The maximum Gasteiger partial charge on any atom is 0.320 e. The number of carboxylic acid groups (broad SMARTS) is 1. The van der Waals surface area contributed by atoms with E-state index in [-0.39, 0.29) is 0 Å². The van der Waals surface area contributed by atoms with Crippen LogP contribution in [0.3, 0.4) is 0 Å². The number of nitrogens with zero attached hydrogens (tertiary/aromatic N) is 4. The number of fused-ring (bicyclic) bond motifs is 1. The van der Waals surface area contributed by atoms with Crippen molar-refractivity contribution >= 4 is 22.6 Å². The number of anilines is 1. The fourth-order valence-corrected chi connectivity index (χ4v) is 2.75. The highest BCUT2D eigenvalue weighted by Gasteiger charge is 2.25. The Morgan fingerprint density at radius 2 is 1.95 bits per heavy atom. The van der Waals surface area contributed by atoms with E-state index in [1.54, 1.807) is 13.1 Å². The first kappa shape index (κ1) is 13.8. The predicted octanol–water partition coefficient (Wildman–Crippen LogP) is 1.22. The Hall–Kier alpha value is -2.21. The molecule has 6 nitrogen and oxygen atoms in total. The Balaban J connectivity index is 1.79. The van der Waals surface area contributed by atoms with Gasteiger partial charge < -0.3 is 10.0 Å². The van der Waals surface area contributed by atoms with Crippen LogP contribution in [-0.4, -0.2) is 58.4 Å². The smallest absolute Gasteiger partial charge is 0.320 e. The Morgan fingerprint density at radius 1 is 1.24 bits per heavy atom. The second-order valence-corrected chi connectivity index (χ2v) is 5.28. The second kappa shape index (κ2) is 5.65. The van der Waals surface area contributed by atoms with Crippen LogP contribution in [-0.2, 0) is 4.79 Å². The number of rotatable bonds is 3. The van der Waals surface area contributed by atoms with E-state index in [4.69, 9.17) is 5.11 Å². The first-order chi connectivity index (χ1) is 10.2. The number of benzene rings is 1. The van der Waals surface area contributed by atoms with Gasteiger partial charge in [-0.05, 0) is 13.0 Å². The first-order valence-corrected chi connectivity index (χ1v) is 7.09. The van der Waals surface area contributed by atoms with Crippen molar-refractivity contribution in [2.45, 2.75) is 13.0 Å². The minimum Gasteiger partial charge on any atom is -0.480 e. The SMILES string of the molecule is CC(C(=O)O)N1CCN(c2cnnc3ccccc23)CC1. The normalized spacial score (nSPS) is 17.9. The molecule has 110 valence electrons. The van der Waals surface area contributed by atoms with Crippen molar-refractivity contribution in [2.75, 3.05) is 31.1 Å². The highest BCUT2D eigenvalue weighted by molar-refractivity contribution is 5.90. The molecule has 0 spiro atoms. The van der Waals surface area contributed by atoms with E-state index in [2.05, 4.69) is 15.1 Å². The van der Waals surface area contributed by atoms with Gasteiger partial charge in [0.05, 0.1) is 17.4 Å². The molecular formula is C15H18N4O2. The van der Waals surface area contributed by atoms with Gasteiger partial charge in [-0.3, -0.25) is 9.69 Å². The van der Waals surface area contributed by atoms with Gasteiger partial charge in [0.25, 0.3) is 0 Å². The number of carboxylic acids is 1. The zero-order valence-corrected chi connectivity index (χ0v) is 11.9. The summed E-state index contributed by atoms with van der Waals surface area (Å²) < 4.78 is 0. The van der Waals surface area contributed by atoms with Gasteiger partial charge >= 0.3 is 5.97 Å². The molecule has 1 aromatic carbocycles. The fraction of sp³-hybridized carbons (Fsp3) is 0.400. The predicted molar refractivity (Wildman–Crippen MR) is 80.4 cm³/mol. The molecular weight excluding hydrogens is 268 g/mol. The van der Waals surface area contributed by atoms with Gasteiger partial charge in [-0.1, -0.05) is 18.2 Å². The molecule has 2 aromatic rings. The van der Waals surface area contributed by atoms with E-state index in [1.165, 1.54) is 0 Å². The van der Waals surface area contributed by atoms with Gasteiger partial charge in [0.1, 0.15) is 6.04 Å². The first-order valence-electron chi connectivity index (χ1n) is 7.09. The standard InChI is InChI=1S/C15H18N4O2/c1-11(15(20)21)18-6-8-19(9-7-18)14-10-16-17-13-5-3-2-4-12(13)14/h2-5,10-11H,6-9H2,1H3,(H,20,21). The van der Waals surface area contributed by atoms with Gasteiger partial charge in [0.15, 0.2) is 0 Å². The summed E-state index contributed by atoms with van der Waals surface area (Å²) in [5.74, 6) is -0.764. The van der Waals surface area contributed by atoms with Crippen LogP contribution in [0.25, 0.3) is 10.9 Å². The van der Waals surface area contributed by atoms with Gasteiger partial charge in [-0.2, -0.15) is 10.2 Å². The average Bonchev–Trinajstić information content (AvgIpc) is 2.53. The van der Waals surface area contributed by atoms with E-state index in [9.17, 15) is 4.79 Å². The Morgan fingerprint density at radius 3 is 2.67 bits per heavy atom. The van der Waals surface area contributed by atoms with Crippen molar-refractivity contribution < 1.29 is 9.90 Å². The van der Waals surface area contributed by atoms with Gasteiger partial charge in [0.2, 0.25) is 0 Å². The molecule has 0 amide bonds. The molecule has 1 aromatic heterocycles. The summed E-state index contributed by atoms with van der Waals surface area (Å²) in [6, 6.07) is 7.52. The molecule has 21 heavy (non-hydrogen) atoms. The van der Waals surface area contributed by atoms with Crippen LogP contribution in [0.15, 0.2) is 30.5 Å². The molecule has 3 rings (SSSR count). The van der Waals surface area contributed by atoms with Gasteiger partial charge in [-0.25, -0.2) is 0 Å². The number of aliphatic carboxylic acids is 1. The Kier molecular flexibility index (Phi) is 3.70. The molecule has 1 aliphatic rings. The second-order valence-electron chi connectivity index (χ2n) is 5.28. The van der Waals surface area contributed by atoms with Crippen molar-refractivity contribution in [3.05, 3.63) is 30.5 Å². The molecule has 1 aliphatic heterocycles. The maximum atomic E-state index is 11.1. The topological polar surface area (TPSA) is 69.6 Å². The molecule has 6 heteroatoms. The summed E-state index contributed by atoms with van der Waals surface area (Å²) in [6.45, 7) is 4.82. The van der Waals surface area contributed by atoms with Crippen LogP contribution in [0.1, 0.15) is 6.92 Å². The number of aromatic nitrogens is 2. The lowest BCUT2D eigenvalue weighted by Gasteiger charge is -2.37. The Bertz CT molecular complexity index is 648. The van der Waals surface area contributed by atoms with Crippen molar-refractivity contribution in [1.82, 2.24) is 15.1 Å². The molecule has 1 fully saturated rings. The summed E-state index contributed by atoms with van der Waals surface area (Å²) in [5, 5.41) is 18.4. The van der Waals surface area contributed by atoms with Crippen LogP contribution in [0.4, 0.5) is 5.69 Å². The average molecular weight is 286 g/mol. The summed E-state index contributed by atoms with van der Waals surface area (Å²) in [6.07, 6.45) is 1.79. The molecule has 1 atom stereocenters. The lowest BCUT2D eigenvalue weighted by Crippen LogP contribution is -2.51. The molecule has 0 saturated carbocycles. The van der Waals surface area contributed by atoms with Crippen molar-refractivity contribution in [2.24, 2.45) is 0 Å². The van der Waals surface area contributed by atoms with Crippen molar-refractivity contribution in [1.29, 1.82) is 0 Å². The van der Waals surface area contributed by atoms with Crippen molar-refractivity contribution in [3.8, 4) is 0 Å². The molecule has 0 bridgehead atoms. The molecule has 1 N–H and O–H groups in total. The number of piperazine rings is 1. The molecule has 2 heterocycles. The zero-order valence-electron chi connectivity index (χ0n) is 11.9. The van der Waals surface area contributed by atoms with Gasteiger partial charge in [0, 0.05) is 31.6 Å². The third-order valence-corrected chi connectivity index (χ3v) is 4.09. The lowest BCUT2D eigenvalue weighted by atomic mass is 10.1. The molecule has 1 saturated heterocycles. The molecule has 0 radical (unpaired) electrons. The van der Waals surface area contributed by atoms with Crippen LogP contribution >= 0.6 is 0 Å². The van der Waals surface area contributed by atoms with Crippen LogP contribution < -0.4 is 4.90 Å². The third kappa shape index (κ3) is 2.67. The quantitative estimate of drug-likeness (QED) is 0.915. The van der Waals surface area contributed by atoms with Crippen LogP contribution in [0.5, 0.6) is 0 Å². The minimum absolute atomic E-state index is 0.431.